The topological polar surface area (TPSA) is 144 Å². The lowest BCUT2D eigenvalue weighted by Gasteiger charge is -2.09. The van der Waals surface area contributed by atoms with Crippen molar-refractivity contribution in [2.24, 2.45) is 14.1 Å². The number of nitrogens with zero attached hydrogens (tertiary/aromatic N) is 4. The van der Waals surface area contributed by atoms with Crippen LogP contribution >= 0.6 is 0 Å². The van der Waals surface area contributed by atoms with Crippen LogP contribution in [0.4, 0.5) is 5.69 Å². The molecule has 186 valence electrons. The van der Waals surface area contributed by atoms with Crippen LogP contribution < -0.4 is 21.3 Å². The summed E-state index contributed by atoms with van der Waals surface area (Å²) >= 11 is 0. The highest BCUT2D eigenvalue weighted by molar-refractivity contribution is 7.90. The zero-order valence-corrected chi connectivity index (χ0v) is 20.7. The number of hydrogen-bond acceptors (Lipinski definition) is 8. The molecular formula is C22H25N5O7S. The average Bonchev–Trinajstić information content (AvgIpc) is 3.11. The van der Waals surface area contributed by atoms with E-state index in [1.807, 2.05) is 0 Å². The van der Waals surface area contributed by atoms with E-state index >= 15 is 0 Å². The summed E-state index contributed by atoms with van der Waals surface area (Å²) < 4.78 is 37.9. The van der Waals surface area contributed by atoms with Gasteiger partial charge in [-0.15, -0.1) is 0 Å². The molecule has 3 aromatic rings. The normalized spacial score (nSPS) is 11.2. The number of fused-ring (bicyclic) bond motifs is 1. The van der Waals surface area contributed by atoms with E-state index in [2.05, 4.69) is 22.1 Å². The molecule has 0 spiro atoms. The minimum absolute atomic E-state index is 0.0317. The summed E-state index contributed by atoms with van der Waals surface area (Å²) in [6.07, 6.45) is 0.968. The number of rotatable bonds is 7. The van der Waals surface area contributed by atoms with Crippen LogP contribution in [-0.4, -0.2) is 59.6 Å². The van der Waals surface area contributed by atoms with Gasteiger partial charge < -0.3 is 19.4 Å². The van der Waals surface area contributed by atoms with Crippen molar-refractivity contribution in [3.63, 3.8) is 0 Å². The molecule has 2 heterocycles. The minimum Gasteiger partial charge on any atom is -0.491 e. The number of benzene rings is 1. The second kappa shape index (κ2) is 10.2. The summed E-state index contributed by atoms with van der Waals surface area (Å²) in [6.45, 7) is 1.86. The van der Waals surface area contributed by atoms with Gasteiger partial charge in [-0.1, -0.05) is 11.8 Å². The number of methoxy groups -OCH3 is 1. The van der Waals surface area contributed by atoms with Crippen molar-refractivity contribution in [2.45, 2.75) is 18.6 Å². The lowest BCUT2D eigenvalue weighted by Crippen LogP contribution is -2.38. The molecule has 0 saturated heterocycles. The number of amides is 1. The fourth-order valence-electron chi connectivity index (χ4n) is 3.38. The number of ether oxygens (including phenoxy) is 2. The molecule has 35 heavy (non-hydrogen) atoms. The Morgan fingerprint density at radius 2 is 1.86 bits per heavy atom. The lowest BCUT2D eigenvalue weighted by molar-refractivity contribution is -0.114. The lowest BCUT2D eigenvalue weighted by atomic mass is 10.2. The zero-order valence-electron chi connectivity index (χ0n) is 19.9. The second-order valence-corrected chi connectivity index (χ2v) is 9.61. The number of aromatic nitrogens is 4. The molecule has 0 bridgehead atoms. The number of anilines is 1. The minimum atomic E-state index is -3.75. The number of hydrogen-bond donors (Lipinski definition) is 1. The molecule has 0 aliphatic heterocycles. The predicted molar refractivity (Wildman–Crippen MR) is 128 cm³/mol. The fraction of sp³-hybridized carbons (Fsp3) is 0.364. The van der Waals surface area contributed by atoms with Crippen molar-refractivity contribution < 1.29 is 22.7 Å². The number of nitrogens with one attached hydrogen (secondary N) is 1. The molecular weight excluding hydrogens is 478 g/mol. The SMILES string of the molecule is COCCOc1cc(C#CCn2c(=O)n(C)c(=O)c3c2nc(S(C)(=O)=O)n3C)cc(NC(C)=O)c1. The summed E-state index contributed by atoms with van der Waals surface area (Å²) in [7, 11) is 0.484. The molecule has 2 aromatic heterocycles. The molecule has 0 radical (unpaired) electrons. The first-order valence-electron chi connectivity index (χ1n) is 10.3. The maximum atomic E-state index is 12.8. The van der Waals surface area contributed by atoms with E-state index in [-0.39, 0.29) is 28.8 Å². The van der Waals surface area contributed by atoms with Crippen molar-refractivity contribution in [2.75, 3.05) is 31.9 Å². The molecule has 3 rings (SSSR count). The van der Waals surface area contributed by atoms with Gasteiger partial charge in [-0.3, -0.25) is 18.7 Å². The Balaban J connectivity index is 2.06. The van der Waals surface area contributed by atoms with Crippen LogP contribution in [0.3, 0.4) is 0 Å². The van der Waals surface area contributed by atoms with Crippen LogP contribution in [0.1, 0.15) is 12.5 Å². The summed E-state index contributed by atoms with van der Waals surface area (Å²) in [4.78, 5) is 40.9. The quantitative estimate of drug-likeness (QED) is 0.347. The van der Waals surface area contributed by atoms with Gasteiger partial charge >= 0.3 is 5.69 Å². The largest absolute Gasteiger partial charge is 0.491 e. The predicted octanol–water partition coefficient (Wildman–Crippen LogP) is -0.127. The Kier molecular flexibility index (Phi) is 7.47. The Bertz CT molecular complexity index is 1590. The van der Waals surface area contributed by atoms with E-state index in [0.29, 0.717) is 30.2 Å². The smallest absolute Gasteiger partial charge is 0.333 e. The summed E-state index contributed by atoms with van der Waals surface area (Å²) in [5.74, 6) is 5.94. The third-order valence-corrected chi connectivity index (χ3v) is 5.93. The van der Waals surface area contributed by atoms with Gasteiger partial charge in [-0.2, -0.15) is 4.98 Å². The van der Waals surface area contributed by atoms with E-state index in [9.17, 15) is 22.8 Å². The van der Waals surface area contributed by atoms with Crippen molar-refractivity contribution in [3.05, 3.63) is 44.6 Å². The van der Waals surface area contributed by atoms with Crippen LogP contribution in [0.2, 0.25) is 0 Å². The Morgan fingerprint density at radius 1 is 1.14 bits per heavy atom. The number of carbonyl (C=O) groups is 1. The van der Waals surface area contributed by atoms with Crippen LogP contribution in [0, 0.1) is 11.8 Å². The van der Waals surface area contributed by atoms with Crippen LogP contribution in [0.5, 0.6) is 5.75 Å². The molecule has 12 nitrogen and oxygen atoms in total. The summed E-state index contributed by atoms with van der Waals surface area (Å²) in [6, 6.07) is 4.94. The molecule has 0 fully saturated rings. The van der Waals surface area contributed by atoms with Gasteiger partial charge in [-0.25, -0.2) is 13.2 Å². The van der Waals surface area contributed by atoms with Crippen molar-refractivity contribution in [1.82, 2.24) is 18.7 Å². The first-order chi connectivity index (χ1) is 16.4. The maximum absolute atomic E-state index is 12.8. The maximum Gasteiger partial charge on any atom is 0.333 e. The van der Waals surface area contributed by atoms with Gasteiger partial charge in [0.25, 0.3) is 5.56 Å². The standard InChI is InChI=1S/C22H25N5O7S/c1-14(28)23-16-11-15(12-17(13-16)34-10-9-33-4)7-6-8-27-19-18(20(29)26(3)22(27)30)25(2)21(24-19)35(5,31)32/h11-13H,8-10H2,1-5H3,(H,23,28). The van der Waals surface area contributed by atoms with E-state index in [0.717, 1.165) is 20.0 Å². The van der Waals surface area contributed by atoms with E-state index in [4.69, 9.17) is 9.47 Å². The van der Waals surface area contributed by atoms with Gasteiger partial charge in [0.05, 0.1) is 13.2 Å². The first kappa shape index (κ1) is 25.7. The van der Waals surface area contributed by atoms with Crippen LogP contribution in [0.15, 0.2) is 32.9 Å². The van der Waals surface area contributed by atoms with Crippen molar-refractivity contribution in [1.29, 1.82) is 0 Å². The molecule has 1 aromatic carbocycles. The van der Waals surface area contributed by atoms with Gasteiger partial charge in [-0.05, 0) is 12.1 Å². The second-order valence-electron chi connectivity index (χ2n) is 7.70. The van der Waals surface area contributed by atoms with Crippen molar-refractivity contribution in [3.8, 4) is 17.6 Å². The fourth-order valence-corrected chi connectivity index (χ4v) is 4.22. The summed E-state index contributed by atoms with van der Waals surface area (Å²) in [5, 5.41) is 2.34. The van der Waals surface area contributed by atoms with Crippen molar-refractivity contribution >= 4 is 32.6 Å². The summed E-state index contributed by atoms with van der Waals surface area (Å²) in [5.41, 5.74) is -0.497. The van der Waals surface area contributed by atoms with Gasteiger partial charge in [0.1, 0.15) is 12.4 Å². The molecule has 0 aliphatic carbocycles. The molecule has 0 saturated carbocycles. The number of imidazole rings is 1. The third-order valence-electron chi connectivity index (χ3n) is 4.90. The molecule has 0 aliphatic rings. The Morgan fingerprint density at radius 3 is 2.49 bits per heavy atom. The first-order valence-corrected chi connectivity index (χ1v) is 12.2. The van der Waals surface area contributed by atoms with E-state index < -0.39 is 21.1 Å². The van der Waals surface area contributed by atoms with E-state index in [1.165, 1.54) is 21.0 Å². The number of sulfone groups is 1. The van der Waals surface area contributed by atoms with Gasteiger partial charge in [0, 0.05) is 51.7 Å². The average molecular weight is 504 g/mol. The van der Waals surface area contributed by atoms with Crippen LogP contribution in [-0.2, 0) is 40.0 Å². The number of aryl methyl sites for hydroxylation is 1. The highest BCUT2D eigenvalue weighted by atomic mass is 32.2. The molecule has 1 N–H and O–H groups in total. The molecule has 0 unspecified atom stereocenters. The Hall–Kier alpha value is -3.89. The molecule has 13 heteroatoms. The molecule has 0 atom stereocenters. The monoisotopic (exact) mass is 503 g/mol. The van der Waals surface area contributed by atoms with Gasteiger partial charge in [0.15, 0.2) is 11.2 Å². The van der Waals surface area contributed by atoms with Gasteiger partial charge in [0.2, 0.25) is 20.9 Å². The molecule has 1 amide bonds. The third kappa shape index (κ3) is 5.61. The van der Waals surface area contributed by atoms with Crippen LogP contribution in [0.25, 0.3) is 11.2 Å². The zero-order chi connectivity index (χ0) is 25.9. The Labute approximate surface area is 201 Å². The number of carbonyl (C=O) groups excluding carboxylic acids is 1. The van der Waals surface area contributed by atoms with E-state index in [1.54, 1.807) is 25.3 Å². The highest BCUT2D eigenvalue weighted by Crippen LogP contribution is 2.21. The highest BCUT2D eigenvalue weighted by Gasteiger charge is 2.23.